The maximum Gasteiger partial charge on any atom is 0.222 e. The fraction of sp³-hybridized carbons (Fsp3) is 0.941. The van der Waals surface area contributed by atoms with Crippen molar-refractivity contribution in [3.05, 3.63) is 0 Å². The maximum absolute atomic E-state index is 12.2. The highest BCUT2D eigenvalue weighted by atomic mass is 16.2. The van der Waals surface area contributed by atoms with Crippen molar-refractivity contribution in [2.75, 3.05) is 19.6 Å². The molecule has 3 nitrogen and oxygen atoms in total. The van der Waals surface area contributed by atoms with Gasteiger partial charge in [0.2, 0.25) is 5.91 Å². The van der Waals surface area contributed by atoms with E-state index in [4.69, 9.17) is 5.73 Å². The molecule has 120 valence electrons. The summed E-state index contributed by atoms with van der Waals surface area (Å²) in [6.07, 6.45) is 10.5. The van der Waals surface area contributed by atoms with Crippen LogP contribution in [0.2, 0.25) is 0 Å². The van der Waals surface area contributed by atoms with Gasteiger partial charge >= 0.3 is 0 Å². The Morgan fingerprint density at radius 2 is 1.60 bits per heavy atom. The molecule has 0 aromatic rings. The van der Waals surface area contributed by atoms with Crippen LogP contribution in [-0.2, 0) is 4.79 Å². The van der Waals surface area contributed by atoms with Gasteiger partial charge in [0.1, 0.15) is 0 Å². The van der Waals surface area contributed by atoms with E-state index in [0.29, 0.717) is 24.8 Å². The SMILES string of the molecule is CCCCCCCCCC(=O)N(CCCN)CC(C)C. The number of amides is 1. The fourth-order valence-electron chi connectivity index (χ4n) is 2.43. The van der Waals surface area contributed by atoms with E-state index in [1.165, 1.54) is 38.5 Å². The van der Waals surface area contributed by atoms with Crippen LogP contribution >= 0.6 is 0 Å². The Morgan fingerprint density at radius 3 is 2.15 bits per heavy atom. The zero-order valence-corrected chi connectivity index (χ0v) is 14.0. The third-order valence-corrected chi connectivity index (χ3v) is 3.56. The minimum atomic E-state index is 0.320. The largest absolute Gasteiger partial charge is 0.342 e. The third kappa shape index (κ3) is 11.3. The smallest absolute Gasteiger partial charge is 0.222 e. The van der Waals surface area contributed by atoms with Gasteiger partial charge < -0.3 is 10.6 Å². The molecule has 3 heteroatoms. The molecule has 0 rings (SSSR count). The summed E-state index contributed by atoms with van der Waals surface area (Å²) < 4.78 is 0. The Labute approximate surface area is 126 Å². The second-order valence-corrected chi connectivity index (χ2v) is 6.25. The van der Waals surface area contributed by atoms with Crippen molar-refractivity contribution in [1.82, 2.24) is 4.90 Å². The molecule has 0 unspecified atom stereocenters. The normalized spacial score (nSPS) is 11.1. The van der Waals surface area contributed by atoms with Gasteiger partial charge in [-0.25, -0.2) is 0 Å². The first-order valence-corrected chi connectivity index (χ1v) is 8.59. The zero-order chi connectivity index (χ0) is 15.2. The summed E-state index contributed by atoms with van der Waals surface area (Å²) in [4.78, 5) is 14.2. The first kappa shape index (κ1) is 19.4. The topological polar surface area (TPSA) is 46.3 Å². The molecule has 1 amide bonds. The number of unbranched alkanes of at least 4 members (excludes halogenated alkanes) is 6. The first-order valence-electron chi connectivity index (χ1n) is 8.59. The minimum Gasteiger partial charge on any atom is -0.342 e. The number of hydrogen-bond donors (Lipinski definition) is 1. The summed E-state index contributed by atoms with van der Waals surface area (Å²) in [6, 6.07) is 0. The molecule has 0 atom stereocenters. The van der Waals surface area contributed by atoms with E-state index in [0.717, 1.165) is 25.9 Å². The average molecular weight is 284 g/mol. The van der Waals surface area contributed by atoms with Crippen molar-refractivity contribution >= 4 is 5.91 Å². The summed E-state index contributed by atoms with van der Waals surface area (Å²) in [5.74, 6) is 0.853. The average Bonchev–Trinajstić information content (AvgIpc) is 2.41. The number of carbonyl (C=O) groups excluding carboxylic acids is 1. The summed E-state index contributed by atoms with van der Waals surface area (Å²) in [7, 11) is 0. The Morgan fingerprint density at radius 1 is 1.00 bits per heavy atom. The molecule has 0 spiro atoms. The lowest BCUT2D eigenvalue weighted by molar-refractivity contribution is -0.131. The number of hydrogen-bond acceptors (Lipinski definition) is 2. The van der Waals surface area contributed by atoms with Gasteiger partial charge in [-0.1, -0.05) is 59.3 Å². The van der Waals surface area contributed by atoms with Crippen molar-refractivity contribution in [3.8, 4) is 0 Å². The van der Waals surface area contributed by atoms with E-state index in [9.17, 15) is 4.79 Å². The minimum absolute atomic E-state index is 0.320. The molecule has 0 aliphatic carbocycles. The summed E-state index contributed by atoms with van der Waals surface area (Å²) in [6.45, 7) is 8.93. The van der Waals surface area contributed by atoms with Gasteiger partial charge in [0.15, 0.2) is 0 Å². The number of nitrogens with two attached hydrogens (primary N) is 1. The van der Waals surface area contributed by atoms with Gasteiger partial charge in [0.05, 0.1) is 0 Å². The van der Waals surface area contributed by atoms with Crippen LogP contribution in [0.5, 0.6) is 0 Å². The molecular formula is C17H36N2O. The van der Waals surface area contributed by atoms with Crippen LogP contribution in [0.3, 0.4) is 0 Å². The Kier molecular flexibility index (Phi) is 13.0. The van der Waals surface area contributed by atoms with Gasteiger partial charge in [0, 0.05) is 19.5 Å². The predicted octanol–water partition coefficient (Wildman–Crippen LogP) is 3.96. The van der Waals surface area contributed by atoms with Crippen LogP contribution in [0.4, 0.5) is 0 Å². The van der Waals surface area contributed by atoms with Crippen LogP contribution in [0.15, 0.2) is 0 Å². The van der Waals surface area contributed by atoms with Crippen molar-refractivity contribution in [2.45, 2.75) is 78.6 Å². The maximum atomic E-state index is 12.2. The molecule has 0 saturated heterocycles. The molecule has 0 aliphatic rings. The van der Waals surface area contributed by atoms with E-state index in [1.54, 1.807) is 0 Å². The molecule has 0 saturated carbocycles. The molecule has 0 radical (unpaired) electrons. The van der Waals surface area contributed by atoms with Crippen LogP contribution in [-0.4, -0.2) is 30.4 Å². The van der Waals surface area contributed by atoms with Gasteiger partial charge in [-0.3, -0.25) is 4.79 Å². The highest BCUT2D eigenvalue weighted by Gasteiger charge is 2.13. The number of rotatable bonds is 13. The molecule has 0 aromatic heterocycles. The standard InChI is InChI=1S/C17H36N2O/c1-4-5-6-7-8-9-10-12-17(20)19(14-11-13-18)15-16(2)3/h16H,4-15,18H2,1-3H3. The van der Waals surface area contributed by atoms with Gasteiger partial charge in [-0.15, -0.1) is 0 Å². The lowest BCUT2D eigenvalue weighted by Crippen LogP contribution is -2.35. The van der Waals surface area contributed by atoms with Crippen molar-refractivity contribution < 1.29 is 4.79 Å². The summed E-state index contributed by atoms with van der Waals surface area (Å²) in [5, 5.41) is 0. The molecule has 0 heterocycles. The van der Waals surface area contributed by atoms with Crippen molar-refractivity contribution in [1.29, 1.82) is 0 Å². The van der Waals surface area contributed by atoms with Gasteiger partial charge in [-0.05, 0) is 25.3 Å². The van der Waals surface area contributed by atoms with Crippen LogP contribution < -0.4 is 5.73 Å². The van der Waals surface area contributed by atoms with Crippen LogP contribution in [0, 0.1) is 5.92 Å². The van der Waals surface area contributed by atoms with E-state index < -0.39 is 0 Å². The van der Waals surface area contributed by atoms with Crippen LogP contribution in [0.25, 0.3) is 0 Å². The van der Waals surface area contributed by atoms with E-state index in [-0.39, 0.29) is 0 Å². The van der Waals surface area contributed by atoms with Crippen molar-refractivity contribution in [3.63, 3.8) is 0 Å². The quantitative estimate of drug-likeness (QED) is 0.520. The molecule has 20 heavy (non-hydrogen) atoms. The van der Waals surface area contributed by atoms with E-state index >= 15 is 0 Å². The first-order chi connectivity index (χ1) is 9.61. The monoisotopic (exact) mass is 284 g/mol. The number of carbonyl (C=O) groups is 1. The van der Waals surface area contributed by atoms with Crippen molar-refractivity contribution in [2.24, 2.45) is 11.7 Å². The number of nitrogens with zero attached hydrogens (tertiary/aromatic N) is 1. The summed E-state index contributed by atoms with van der Waals surface area (Å²) in [5.41, 5.74) is 5.55. The van der Waals surface area contributed by atoms with Gasteiger partial charge in [-0.2, -0.15) is 0 Å². The van der Waals surface area contributed by atoms with Crippen LogP contribution in [0.1, 0.15) is 78.6 Å². The Hall–Kier alpha value is -0.570. The van der Waals surface area contributed by atoms with E-state index in [2.05, 4.69) is 20.8 Å². The highest BCUT2D eigenvalue weighted by molar-refractivity contribution is 5.76. The lowest BCUT2D eigenvalue weighted by Gasteiger charge is -2.24. The molecule has 2 N–H and O–H groups in total. The molecule has 0 aliphatic heterocycles. The fourth-order valence-corrected chi connectivity index (χ4v) is 2.43. The Bertz CT molecular complexity index is 229. The Balaban J connectivity index is 3.77. The zero-order valence-electron chi connectivity index (χ0n) is 14.0. The lowest BCUT2D eigenvalue weighted by atomic mass is 10.1. The molecule has 0 fully saturated rings. The molecular weight excluding hydrogens is 248 g/mol. The highest BCUT2D eigenvalue weighted by Crippen LogP contribution is 2.10. The molecule has 0 bridgehead atoms. The summed E-state index contributed by atoms with van der Waals surface area (Å²) >= 11 is 0. The molecule has 0 aromatic carbocycles. The van der Waals surface area contributed by atoms with Gasteiger partial charge in [0.25, 0.3) is 0 Å². The van der Waals surface area contributed by atoms with E-state index in [1.807, 2.05) is 4.90 Å². The second kappa shape index (κ2) is 13.4. The third-order valence-electron chi connectivity index (χ3n) is 3.56. The predicted molar refractivity (Wildman–Crippen MR) is 87.7 cm³/mol. The second-order valence-electron chi connectivity index (χ2n) is 6.25.